The van der Waals surface area contributed by atoms with Crippen molar-refractivity contribution in [3.05, 3.63) is 0 Å². The van der Waals surface area contributed by atoms with Crippen LogP contribution in [0.5, 0.6) is 0 Å². The molecule has 1 fully saturated rings. The number of rotatable bonds is 6. The van der Waals surface area contributed by atoms with Crippen LogP contribution in [0.25, 0.3) is 0 Å². The second-order valence-electron chi connectivity index (χ2n) is 6.33. The first kappa shape index (κ1) is 15.0. The Morgan fingerprint density at radius 2 is 1.82 bits per heavy atom. The average Bonchev–Trinajstić information content (AvgIpc) is 2.44. The van der Waals surface area contributed by atoms with Gasteiger partial charge < -0.3 is 10.6 Å². The van der Waals surface area contributed by atoms with Crippen LogP contribution in [0, 0.1) is 5.92 Å². The van der Waals surface area contributed by atoms with Gasteiger partial charge in [0.25, 0.3) is 0 Å². The van der Waals surface area contributed by atoms with Gasteiger partial charge in [0.1, 0.15) is 0 Å². The van der Waals surface area contributed by atoms with E-state index in [0.29, 0.717) is 12.1 Å². The molecule has 0 aliphatic carbocycles. The summed E-state index contributed by atoms with van der Waals surface area (Å²) in [5, 5.41) is 7.43. The molecule has 0 aromatic carbocycles. The third kappa shape index (κ3) is 7.05. The maximum atomic E-state index is 3.74. The molecule has 0 aromatic rings. The van der Waals surface area contributed by atoms with Crippen LogP contribution in [0.4, 0.5) is 0 Å². The standard InChI is InChI=1S/C15H32N2/c1-12(2)10-13(3)17-14(4)11-15-8-6-5-7-9-16-15/h12-17H,5-11H2,1-4H3. The highest BCUT2D eigenvalue weighted by molar-refractivity contribution is 4.77. The van der Waals surface area contributed by atoms with Crippen molar-refractivity contribution in [1.82, 2.24) is 10.6 Å². The van der Waals surface area contributed by atoms with Crippen LogP contribution in [-0.4, -0.2) is 24.7 Å². The summed E-state index contributed by atoms with van der Waals surface area (Å²) in [6, 6.07) is 2.03. The van der Waals surface area contributed by atoms with Gasteiger partial charge in [-0.15, -0.1) is 0 Å². The fourth-order valence-electron chi connectivity index (χ4n) is 3.06. The molecule has 0 aromatic heterocycles. The molecule has 2 nitrogen and oxygen atoms in total. The van der Waals surface area contributed by atoms with Crippen molar-refractivity contribution in [2.75, 3.05) is 6.54 Å². The lowest BCUT2D eigenvalue weighted by Gasteiger charge is -2.25. The molecule has 3 atom stereocenters. The molecular weight excluding hydrogens is 208 g/mol. The Kier molecular flexibility index (Phi) is 7.14. The molecule has 0 spiro atoms. The molecule has 0 radical (unpaired) electrons. The molecule has 1 aliphatic rings. The zero-order chi connectivity index (χ0) is 12.7. The van der Waals surface area contributed by atoms with Crippen LogP contribution < -0.4 is 10.6 Å². The topological polar surface area (TPSA) is 24.1 Å². The fourth-order valence-corrected chi connectivity index (χ4v) is 3.06. The van der Waals surface area contributed by atoms with Crippen LogP contribution in [0.3, 0.4) is 0 Å². The summed E-state index contributed by atoms with van der Waals surface area (Å²) in [6.45, 7) is 10.5. The molecule has 1 heterocycles. The van der Waals surface area contributed by atoms with Crippen LogP contribution in [0.1, 0.15) is 66.2 Å². The fraction of sp³-hybridized carbons (Fsp3) is 1.00. The van der Waals surface area contributed by atoms with E-state index in [-0.39, 0.29) is 0 Å². The summed E-state index contributed by atoms with van der Waals surface area (Å²) in [6.07, 6.45) is 8.11. The Morgan fingerprint density at radius 1 is 1.06 bits per heavy atom. The third-order valence-electron chi connectivity index (χ3n) is 3.69. The van der Waals surface area contributed by atoms with E-state index in [1.807, 2.05) is 0 Å². The van der Waals surface area contributed by atoms with Gasteiger partial charge >= 0.3 is 0 Å². The summed E-state index contributed by atoms with van der Waals surface area (Å²) in [4.78, 5) is 0. The van der Waals surface area contributed by atoms with E-state index in [1.165, 1.54) is 45.1 Å². The zero-order valence-electron chi connectivity index (χ0n) is 12.3. The maximum absolute atomic E-state index is 3.74. The van der Waals surface area contributed by atoms with Crippen LogP contribution in [0.2, 0.25) is 0 Å². The Labute approximate surface area is 108 Å². The number of hydrogen-bond donors (Lipinski definition) is 2. The molecule has 102 valence electrons. The van der Waals surface area contributed by atoms with Crippen molar-refractivity contribution in [2.24, 2.45) is 5.92 Å². The summed E-state index contributed by atoms with van der Waals surface area (Å²) in [7, 11) is 0. The number of nitrogens with one attached hydrogen (secondary N) is 2. The minimum absolute atomic E-state index is 0.638. The molecule has 2 N–H and O–H groups in total. The highest BCUT2D eigenvalue weighted by Crippen LogP contribution is 2.13. The van der Waals surface area contributed by atoms with Crippen LogP contribution in [-0.2, 0) is 0 Å². The predicted octanol–water partition coefficient (Wildman–Crippen LogP) is 3.32. The zero-order valence-corrected chi connectivity index (χ0v) is 12.3. The van der Waals surface area contributed by atoms with Crippen molar-refractivity contribution in [3.63, 3.8) is 0 Å². The normalized spacial score (nSPS) is 25.6. The van der Waals surface area contributed by atoms with E-state index in [2.05, 4.69) is 38.3 Å². The van der Waals surface area contributed by atoms with E-state index in [4.69, 9.17) is 0 Å². The number of hydrogen-bond acceptors (Lipinski definition) is 2. The summed E-state index contributed by atoms with van der Waals surface area (Å²) in [5.41, 5.74) is 0. The van der Waals surface area contributed by atoms with Gasteiger partial charge in [-0.25, -0.2) is 0 Å². The summed E-state index contributed by atoms with van der Waals surface area (Å²) >= 11 is 0. The quantitative estimate of drug-likeness (QED) is 0.744. The average molecular weight is 240 g/mol. The highest BCUT2D eigenvalue weighted by atomic mass is 15.0. The van der Waals surface area contributed by atoms with Gasteiger partial charge in [0, 0.05) is 18.1 Å². The predicted molar refractivity (Wildman–Crippen MR) is 76.4 cm³/mol. The molecule has 1 aliphatic heterocycles. The Hall–Kier alpha value is -0.0800. The van der Waals surface area contributed by atoms with E-state index >= 15 is 0 Å². The van der Waals surface area contributed by atoms with Crippen molar-refractivity contribution in [3.8, 4) is 0 Å². The highest BCUT2D eigenvalue weighted by Gasteiger charge is 2.16. The lowest BCUT2D eigenvalue weighted by atomic mass is 10.0. The van der Waals surface area contributed by atoms with Crippen LogP contribution in [0.15, 0.2) is 0 Å². The van der Waals surface area contributed by atoms with Crippen LogP contribution >= 0.6 is 0 Å². The second kappa shape index (κ2) is 8.10. The monoisotopic (exact) mass is 240 g/mol. The Balaban J connectivity index is 2.20. The molecule has 17 heavy (non-hydrogen) atoms. The van der Waals surface area contributed by atoms with E-state index < -0.39 is 0 Å². The first-order valence-electron chi connectivity index (χ1n) is 7.57. The van der Waals surface area contributed by atoms with Gasteiger partial charge in [0.05, 0.1) is 0 Å². The molecular formula is C15H32N2. The molecule has 1 rings (SSSR count). The minimum Gasteiger partial charge on any atom is -0.314 e. The van der Waals surface area contributed by atoms with Crippen molar-refractivity contribution in [2.45, 2.75) is 84.3 Å². The maximum Gasteiger partial charge on any atom is 0.00817 e. The van der Waals surface area contributed by atoms with E-state index in [9.17, 15) is 0 Å². The summed E-state index contributed by atoms with van der Waals surface area (Å²) in [5.74, 6) is 0.792. The van der Waals surface area contributed by atoms with Gasteiger partial charge in [-0.3, -0.25) is 0 Å². The van der Waals surface area contributed by atoms with Crippen molar-refractivity contribution < 1.29 is 0 Å². The van der Waals surface area contributed by atoms with Gasteiger partial charge in [0.2, 0.25) is 0 Å². The lowest BCUT2D eigenvalue weighted by Crippen LogP contribution is -2.40. The van der Waals surface area contributed by atoms with Crippen molar-refractivity contribution in [1.29, 1.82) is 0 Å². The first-order chi connectivity index (χ1) is 8.08. The molecule has 1 saturated heterocycles. The van der Waals surface area contributed by atoms with Crippen molar-refractivity contribution >= 4 is 0 Å². The molecule has 0 amide bonds. The lowest BCUT2D eigenvalue weighted by molar-refractivity contribution is 0.352. The first-order valence-corrected chi connectivity index (χ1v) is 7.57. The van der Waals surface area contributed by atoms with Gasteiger partial charge in [-0.2, -0.15) is 0 Å². The molecule has 2 heteroatoms. The second-order valence-corrected chi connectivity index (χ2v) is 6.33. The molecule has 0 bridgehead atoms. The molecule has 3 unspecified atom stereocenters. The Morgan fingerprint density at radius 3 is 2.53 bits per heavy atom. The smallest absolute Gasteiger partial charge is 0.00817 e. The largest absolute Gasteiger partial charge is 0.314 e. The SMILES string of the molecule is CC(C)CC(C)NC(C)CC1CCCCCN1. The minimum atomic E-state index is 0.638. The Bertz CT molecular complexity index is 183. The van der Waals surface area contributed by atoms with Gasteiger partial charge in [-0.1, -0.05) is 26.7 Å². The van der Waals surface area contributed by atoms with Gasteiger partial charge in [-0.05, 0) is 52.0 Å². The van der Waals surface area contributed by atoms with Gasteiger partial charge in [0.15, 0.2) is 0 Å². The van der Waals surface area contributed by atoms with E-state index in [1.54, 1.807) is 0 Å². The summed E-state index contributed by atoms with van der Waals surface area (Å²) < 4.78 is 0. The van der Waals surface area contributed by atoms with E-state index in [0.717, 1.165) is 12.0 Å². The third-order valence-corrected chi connectivity index (χ3v) is 3.69. The molecule has 0 saturated carbocycles.